The molecule has 1 rings (SSSR count). The maximum Gasteiger partial charge on any atom is 0.189 e. The van der Waals surface area contributed by atoms with Gasteiger partial charge in [-0.1, -0.05) is 18.2 Å². The summed E-state index contributed by atoms with van der Waals surface area (Å²) in [7, 11) is 4.10. The first-order chi connectivity index (χ1) is 9.99. The van der Waals surface area contributed by atoms with Crippen molar-refractivity contribution in [2.45, 2.75) is 13.3 Å². The molecule has 0 saturated carbocycles. The zero-order chi connectivity index (χ0) is 15.7. The molecule has 0 radical (unpaired) electrons. The molecule has 0 heterocycles. The number of thiocarbonyl (C=S) groups is 2. The monoisotopic (exact) mass is 325 g/mol. The predicted octanol–water partition coefficient (Wildman–Crippen LogP) is 1.61. The Morgan fingerprint density at radius 2 is 1.76 bits per heavy atom. The average Bonchev–Trinajstić information content (AvgIpc) is 2.44. The Morgan fingerprint density at radius 1 is 1.10 bits per heavy atom. The number of aryl methyl sites for hydroxylation is 1. The molecule has 21 heavy (non-hydrogen) atoms. The lowest BCUT2D eigenvalue weighted by atomic mass is 10.2. The molecule has 0 unspecified atom stereocenters. The van der Waals surface area contributed by atoms with Crippen molar-refractivity contribution in [1.29, 1.82) is 0 Å². The Hall–Kier alpha value is -1.44. The lowest BCUT2D eigenvalue weighted by molar-refractivity contribution is 0.400. The molecular formula is C14H23N5S2. The van der Waals surface area contributed by atoms with E-state index in [1.807, 2.05) is 45.3 Å². The summed E-state index contributed by atoms with van der Waals surface area (Å²) in [5.74, 6) is 0. The van der Waals surface area contributed by atoms with E-state index < -0.39 is 0 Å². The van der Waals surface area contributed by atoms with Gasteiger partial charge in [-0.15, -0.1) is 0 Å². The van der Waals surface area contributed by atoms with Crippen molar-refractivity contribution in [3.05, 3.63) is 29.8 Å². The van der Waals surface area contributed by atoms with Crippen LogP contribution in [0.1, 0.15) is 12.0 Å². The first-order valence-electron chi connectivity index (χ1n) is 6.80. The van der Waals surface area contributed by atoms with Crippen LogP contribution in [-0.4, -0.2) is 42.3 Å². The van der Waals surface area contributed by atoms with Crippen molar-refractivity contribution in [2.24, 2.45) is 0 Å². The predicted molar refractivity (Wildman–Crippen MR) is 97.4 cm³/mol. The largest absolute Gasteiger partial charge is 0.361 e. The zero-order valence-electron chi connectivity index (χ0n) is 12.7. The SMILES string of the molecule is Cc1ccccc1NC(=S)NNC(=S)NCCCN(C)C. The number of nitrogens with zero attached hydrogens (tertiary/aromatic N) is 1. The van der Waals surface area contributed by atoms with Gasteiger partial charge >= 0.3 is 0 Å². The molecule has 0 fully saturated rings. The van der Waals surface area contributed by atoms with Gasteiger partial charge in [-0.25, -0.2) is 0 Å². The lowest BCUT2D eigenvalue weighted by Gasteiger charge is -2.15. The van der Waals surface area contributed by atoms with Gasteiger partial charge < -0.3 is 15.5 Å². The van der Waals surface area contributed by atoms with E-state index in [4.69, 9.17) is 24.4 Å². The summed E-state index contributed by atoms with van der Waals surface area (Å²) in [4.78, 5) is 2.14. The third-order valence-corrected chi connectivity index (χ3v) is 3.20. The molecule has 0 aliphatic heterocycles. The van der Waals surface area contributed by atoms with Crippen LogP contribution in [-0.2, 0) is 0 Å². The molecule has 1 aromatic carbocycles. The highest BCUT2D eigenvalue weighted by molar-refractivity contribution is 7.80. The molecule has 0 spiro atoms. The maximum atomic E-state index is 5.20. The Bertz CT molecular complexity index is 476. The van der Waals surface area contributed by atoms with Crippen molar-refractivity contribution < 1.29 is 0 Å². The summed E-state index contributed by atoms with van der Waals surface area (Å²) in [6.07, 6.45) is 1.03. The highest BCUT2D eigenvalue weighted by Crippen LogP contribution is 2.12. The minimum Gasteiger partial charge on any atom is -0.361 e. The number of nitrogens with one attached hydrogen (secondary N) is 4. The molecule has 116 valence electrons. The lowest BCUT2D eigenvalue weighted by Crippen LogP contribution is -2.48. The van der Waals surface area contributed by atoms with Crippen molar-refractivity contribution in [2.75, 3.05) is 32.5 Å². The fraction of sp³-hybridized carbons (Fsp3) is 0.429. The van der Waals surface area contributed by atoms with Gasteiger partial charge in [-0.05, 0) is 70.1 Å². The zero-order valence-corrected chi connectivity index (χ0v) is 14.3. The molecule has 0 aromatic heterocycles. The van der Waals surface area contributed by atoms with E-state index in [0.717, 1.165) is 30.8 Å². The normalized spacial score (nSPS) is 10.1. The molecule has 7 heteroatoms. The van der Waals surface area contributed by atoms with Crippen LogP contribution in [0, 0.1) is 6.92 Å². The average molecular weight is 326 g/mol. The molecule has 0 bridgehead atoms. The van der Waals surface area contributed by atoms with E-state index in [-0.39, 0.29) is 0 Å². The van der Waals surface area contributed by atoms with Gasteiger partial charge in [0.05, 0.1) is 0 Å². The second kappa shape index (κ2) is 9.49. The summed E-state index contributed by atoms with van der Waals surface area (Å²) in [5.41, 5.74) is 7.83. The number of benzene rings is 1. The Kier molecular flexibility index (Phi) is 7.96. The Balaban J connectivity index is 2.21. The third kappa shape index (κ3) is 7.79. The van der Waals surface area contributed by atoms with Gasteiger partial charge in [-0.2, -0.15) is 0 Å². The maximum absolute atomic E-state index is 5.20. The van der Waals surface area contributed by atoms with Crippen LogP contribution in [0.5, 0.6) is 0 Å². The van der Waals surface area contributed by atoms with Gasteiger partial charge in [0.2, 0.25) is 0 Å². The number of rotatable bonds is 5. The molecule has 0 atom stereocenters. The van der Waals surface area contributed by atoms with E-state index in [1.54, 1.807) is 0 Å². The molecule has 1 aromatic rings. The summed E-state index contributed by atoms with van der Waals surface area (Å²) in [5, 5.41) is 7.23. The molecular weight excluding hydrogens is 302 g/mol. The number of anilines is 1. The minimum absolute atomic E-state index is 0.474. The van der Waals surface area contributed by atoms with Gasteiger partial charge in [-0.3, -0.25) is 10.9 Å². The van der Waals surface area contributed by atoms with Crippen LogP contribution in [0.3, 0.4) is 0 Å². The molecule has 5 nitrogen and oxygen atoms in total. The smallest absolute Gasteiger partial charge is 0.189 e. The topological polar surface area (TPSA) is 51.4 Å². The first kappa shape index (κ1) is 17.6. The minimum atomic E-state index is 0.474. The Labute approximate surface area is 137 Å². The second-order valence-corrected chi connectivity index (χ2v) is 5.75. The van der Waals surface area contributed by atoms with Crippen LogP contribution in [0.15, 0.2) is 24.3 Å². The number of para-hydroxylation sites is 1. The fourth-order valence-electron chi connectivity index (χ4n) is 1.62. The molecule has 0 aliphatic carbocycles. The van der Waals surface area contributed by atoms with Crippen molar-refractivity contribution in [1.82, 2.24) is 21.1 Å². The summed E-state index contributed by atoms with van der Waals surface area (Å²) in [6.45, 7) is 3.87. The van der Waals surface area contributed by atoms with E-state index in [1.165, 1.54) is 0 Å². The number of hydrazine groups is 1. The third-order valence-electron chi connectivity index (χ3n) is 2.75. The molecule has 0 aliphatic rings. The van der Waals surface area contributed by atoms with Gasteiger partial charge in [0.1, 0.15) is 0 Å². The highest BCUT2D eigenvalue weighted by Gasteiger charge is 2.01. The van der Waals surface area contributed by atoms with Gasteiger partial charge in [0.15, 0.2) is 10.2 Å². The van der Waals surface area contributed by atoms with Crippen LogP contribution in [0.4, 0.5) is 5.69 Å². The Morgan fingerprint density at radius 3 is 2.43 bits per heavy atom. The van der Waals surface area contributed by atoms with Crippen molar-refractivity contribution in [3.63, 3.8) is 0 Å². The van der Waals surface area contributed by atoms with Crippen LogP contribution in [0.2, 0.25) is 0 Å². The second-order valence-electron chi connectivity index (χ2n) is 4.93. The van der Waals surface area contributed by atoms with E-state index in [2.05, 4.69) is 26.4 Å². The van der Waals surface area contributed by atoms with E-state index in [0.29, 0.717) is 10.2 Å². The first-order valence-corrected chi connectivity index (χ1v) is 7.62. The standard InChI is InChI=1S/C14H23N5S2/c1-11-7-4-5-8-12(11)16-14(21)18-17-13(20)15-9-6-10-19(2)3/h4-5,7-8H,6,9-10H2,1-3H3,(H2,15,17,20)(H2,16,18,21). The van der Waals surface area contributed by atoms with E-state index >= 15 is 0 Å². The summed E-state index contributed by atoms with van der Waals surface area (Å²) < 4.78 is 0. The van der Waals surface area contributed by atoms with Crippen LogP contribution >= 0.6 is 24.4 Å². The van der Waals surface area contributed by atoms with E-state index in [9.17, 15) is 0 Å². The van der Waals surface area contributed by atoms with Crippen molar-refractivity contribution in [3.8, 4) is 0 Å². The summed E-state index contributed by atoms with van der Waals surface area (Å²) in [6, 6.07) is 7.95. The quantitative estimate of drug-likeness (QED) is 0.373. The van der Waals surface area contributed by atoms with Crippen molar-refractivity contribution >= 4 is 40.3 Å². The number of hydrogen-bond acceptors (Lipinski definition) is 3. The number of hydrogen-bond donors (Lipinski definition) is 4. The van der Waals surface area contributed by atoms with Gasteiger partial charge in [0, 0.05) is 12.2 Å². The van der Waals surface area contributed by atoms with Gasteiger partial charge in [0.25, 0.3) is 0 Å². The fourth-order valence-corrected chi connectivity index (χ4v) is 1.94. The highest BCUT2D eigenvalue weighted by atomic mass is 32.1. The molecule has 0 amide bonds. The molecule has 4 N–H and O–H groups in total. The van der Waals surface area contributed by atoms with Crippen LogP contribution < -0.4 is 21.5 Å². The summed E-state index contributed by atoms with van der Waals surface area (Å²) >= 11 is 10.4. The molecule has 0 saturated heterocycles. The van der Waals surface area contributed by atoms with Crippen LogP contribution in [0.25, 0.3) is 0 Å².